The van der Waals surface area contributed by atoms with Crippen molar-refractivity contribution in [2.75, 3.05) is 11.1 Å². The first-order valence-electron chi connectivity index (χ1n) is 6.42. The minimum atomic E-state index is -0.459. The largest absolute Gasteiger partial charge is 0.470 e. The smallest absolute Gasteiger partial charge is 0.239 e. The van der Waals surface area contributed by atoms with E-state index in [0.29, 0.717) is 22.4 Å². The Morgan fingerprint density at radius 3 is 2.57 bits per heavy atom. The minimum Gasteiger partial charge on any atom is -0.470 e. The van der Waals surface area contributed by atoms with Gasteiger partial charge in [-0.05, 0) is 51.1 Å². The summed E-state index contributed by atoms with van der Waals surface area (Å²) in [6.07, 6.45) is 0. The van der Waals surface area contributed by atoms with E-state index in [1.807, 2.05) is 20.8 Å². The lowest BCUT2D eigenvalue weighted by Gasteiger charge is -2.21. The van der Waals surface area contributed by atoms with Crippen LogP contribution in [0.25, 0.3) is 0 Å². The quantitative estimate of drug-likeness (QED) is 0.883. The summed E-state index contributed by atoms with van der Waals surface area (Å²) >= 11 is 5.72. The van der Waals surface area contributed by atoms with Gasteiger partial charge in [0.15, 0.2) is 0 Å². The van der Waals surface area contributed by atoms with Gasteiger partial charge in [0.05, 0.1) is 11.4 Å². The molecule has 0 aliphatic rings. The van der Waals surface area contributed by atoms with E-state index < -0.39 is 11.4 Å². The second-order valence-electron chi connectivity index (χ2n) is 5.55. The van der Waals surface area contributed by atoms with Gasteiger partial charge in [0.25, 0.3) is 0 Å². The number of anilines is 3. The maximum Gasteiger partial charge on any atom is 0.239 e. The average molecular weight is 310 g/mol. The van der Waals surface area contributed by atoms with E-state index in [1.165, 1.54) is 6.07 Å². The van der Waals surface area contributed by atoms with E-state index in [4.69, 9.17) is 22.1 Å². The fourth-order valence-corrected chi connectivity index (χ4v) is 1.78. The van der Waals surface area contributed by atoms with Crippen LogP contribution in [0.1, 0.15) is 20.8 Å². The zero-order chi connectivity index (χ0) is 15.6. The fraction of sp³-hybridized carbons (Fsp3) is 0.267. The van der Waals surface area contributed by atoms with Crippen molar-refractivity contribution in [3.63, 3.8) is 0 Å². The number of halogens is 2. The Labute approximate surface area is 128 Å². The van der Waals surface area contributed by atoms with Crippen LogP contribution in [0.4, 0.5) is 21.6 Å². The van der Waals surface area contributed by atoms with Crippen LogP contribution in [0.2, 0.25) is 5.02 Å². The molecule has 0 saturated carbocycles. The van der Waals surface area contributed by atoms with Crippen molar-refractivity contribution >= 4 is 28.8 Å². The maximum atomic E-state index is 13.8. The van der Waals surface area contributed by atoms with Crippen LogP contribution in [-0.4, -0.2) is 10.6 Å². The molecule has 6 heteroatoms. The molecule has 2 rings (SSSR count). The lowest BCUT2D eigenvalue weighted by molar-refractivity contribution is 0.125. The summed E-state index contributed by atoms with van der Waals surface area (Å²) in [5.41, 5.74) is 6.11. The van der Waals surface area contributed by atoms with E-state index in [1.54, 1.807) is 24.3 Å². The number of hydrogen-bond donors (Lipinski definition) is 2. The molecule has 0 bridgehead atoms. The monoisotopic (exact) mass is 309 g/mol. The van der Waals surface area contributed by atoms with Gasteiger partial charge in [0, 0.05) is 5.02 Å². The van der Waals surface area contributed by atoms with Crippen LogP contribution < -0.4 is 15.8 Å². The number of rotatable bonds is 3. The fourth-order valence-electron chi connectivity index (χ4n) is 1.62. The van der Waals surface area contributed by atoms with Crippen molar-refractivity contribution in [2.45, 2.75) is 26.4 Å². The SMILES string of the molecule is CC(C)(C)Oc1nc(Nc2ccc(Cl)cc2F)ccc1N. The predicted octanol–water partition coefficient (Wildman–Crippen LogP) is 4.38. The molecule has 1 aromatic carbocycles. The first-order chi connectivity index (χ1) is 9.74. The topological polar surface area (TPSA) is 60.2 Å². The Bertz CT molecular complexity index is 656. The van der Waals surface area contributed by atoms with Gasteiger partial charge in [-0.3, -0.25) is 0 Å². The number of hydrogen-bond acceptors (Lipinski definition) is 4. The standard InChI is InChI=1S/C15H17ClFN3O/c1-15(2,3)21-14-11(18)5-7-13(20-14)19-12-6-4-9(16)8-10(12)17/h4-8H,18H2,1-3H3,(H,19,20). The average Bonchev–Trinajstić information content (AvgIpc) is 2.35. The lowest BCUT2D eigenvalue weighted by Crippen LogP contribution is -2.24. The van der Waals surface area contributed by atoms with Crippen LogP contribution >= 0.6 is 11.6 Å². The number of nitrogens with two attached hydrogens (primary N) is 1. The van der Waals surface area contributed by atoms with Crippen molar-refractivity contribution in [3.8, 4) is 5.88 Å². The summed E-state index contributed by atoms with van der Waals surface area (Å²) in [6, 6.07) is 7.67. The highest BCUT2D eigenvalue weighted by atomic mass is 35.5. The van der Waals surface area contributed by atoms with E-state index >= 15 is 0 Å². The molecular weight excluding hydrogens is 293 g/mol. The molecule has 0 spiro atoms. The van der Waals surface area contributed by atoms with Gasteiger partial charge in [-0.2, -0.15) is 4.98 Å². The number of ether oxygens (including phenoxy) is 1. The summed E-state index contributed by atoms with van der Waals surface area (Å²) in [4.78, 5) is 4.26. The highest BCUT2D eigenvalue weighted by Gasteiger charge is 2.15. The Kier molecular flexibility index (Phi) is 4.23. The second-order valence-corrected chi connectivity index (χ2v) is 5.99. The molecule has 112 valence electrons. The molecule has 0 amide bonds. The van der Waals surface area contributed by atoms with Crippen molar-refractivity contribution < 1.29 is 9.13 Å². The number of benzene rings is 1. The molecule has 21 heavy (non-hydrogen) atoms. The van der Waals surface area contributed by atoms with Crippen LogP contribution in [0.5, 0.6) is 5.88 Å². The molecule has 0 aliphatic heterocycles. The maximum absolute atomic E-state index is 13.8. The Hall–Kier alpha value is -2.01. The Morgan fingerprint density at radius 2 is 1.95 bits per heavy atom. The number of nitrogens with one attached hydrogen (secondary N) is 1. The van der Waals surface area contributed by atoms with Crippen LogP contribution in [0.15, 0.2) is 30.3 Å². The van der Waals surface area contributed by atoms with Gasteiger partial charge in [0.1, 0.15) is 17.2 Å². The predicted molar refractivity (Wildman–Crippen MR) is 83.7 cm³/mol. The molecule has 0 atom stereocenters. The number of nitrogen functional groups attached to an aromatic ring is 1. The van der Waals surface area contributed by atoms with E-state index in [2.05, 4.69) is 10.3 Å². The van der Waals surface area contributed by atoms with Gasteiger partial charge in [0.2, 0.25) is 5.88 Å². The highest BCUT2D eigenvalue weighted by molar-refractivity contribution is 6.30. The zero-order valence-corrected chi connectivity index (χ0v) is 12.8. The van der Waals surface area contributed by atoms with Crippen molar-refractivity contribution in [3.05, 3.63) is 41.2 Å². The van der Waals surface area contributed by atoms with Crippen molar-refractivity contribution in [1.29, 1.82) is 0 Å². The molecule has 4 nitrogen and oxygen atoms in total. The van der Waals surface area contributed by atoms with Gasteiger partial charge >= 0.3 is 0 Å². The third-order valence-electron chi connectivity index (χ3n) is 2.49. The van der Waals surface area contributed by atoms with Crippen LogP contribution in [0.3, 0.4) is 0 Å². The Balaban J connectivity index is 2.26. The van der Waals surface area contributed by atoms with Gasteiger partial charge < -0.3 is 15.8 Å². The summed E-state index contributed by atoms with van der Waals surface area (Å²) < 4.78 is 19.4. The molecule has 2 aromatic rings. The third-order valence-corrected chi connectivity index (χ3v) is 2.72. The molecule has 0 fully saturated rings. The first kappa shape index (κ1) is 15.4. The first-order valence-corrected chi connectivity index (χ1v) is 6.80. The highest BCUT2D eigenvalue weighted by Crippen LogP contribution is 2.27. The van der Waals surface area contributed by atoms with Gasteiger partial charge in [-0.25, -0.2) is 4.39 Å². The number of pyridine rings is 1. The zero-order valence-electron chi connectivity index (χ0n) is 12.1. The van der Waals surface area contributed by atoms with E-state index in [9.17, 15) is 4.39 Å². The molecule has 1 heterocycles. The van der Waals surface area contributed by atoms with E-state index in [0.717, 1.165) is 0 Å². The molecule has 0 saturated heterocycles. The molecule has 1 aromatic heterocycles. The molecular formula is C15H17ClFN3O. The van der Waals surface area contributed by atoms with Crippen LogP contribution in [-0.2, 0) is 0 Å². The number of nitrogens with zero attached hydrogens (tertiary/aromatic N) is 1. The second kappa shape index (κ2) is 5.77. The summed E-state index contributed by atoms with van der Waals surface area (Å²) in [6.45, 7) is 5.69. The van der Waals surface area contributed by atoms with Crippen molar-refractivity contribution in [1.82, 2.24) is 4.98 Å². The number of aromatic nitrogens is 1. The summed E-state index contributed by atoms with van der Waals surface area (Å²) in [5.74, 6) is 0.283. The minimum absolute atomic E-state index is 0.276. The Morgan fingerprint density at radius 1 is 1.24 bits per heavy atom. The van der Waals surface area contributed by atoms with Crippen LogP contribution in [0, 0.1) is 5.82 Å². The van der Waals surface area contributed by atoms with Gasteiger partial charge in [-0.15, -0.1) is 0 Å². The molecule has 0 aliphatic carbocycles. The molecule has 0 unspecified atom stereocenters. The third kappa shape index (κ3) is 4.23. The van der Waals surface area contributed by atoms with Crippen molar-refractivity contribution in [2.24, 2.45) is 0 Å². The molecule has 0 radical (unpaired) electrons. The normalized spacial score (nSPS) is 11.3. The summed E-state index contributed by atoms with van der Waals surface area (Å²) in [7, 11) is 0. The summed E-state index contributed by atoms with van der Waals surface area (Å²) in [5, 5.41) is 3.21. The van der Waals surface area contributed by atoms with Gasteiger partial charge in [-0.1, -0.05) is 11.6 Å². The lowest BCUT2D eigenvalue weighted by atomic mass is 10.2. The molecule has 3 N–H and O–H groups in total. The van der Waals surface area contributed by atoms with E-state index in [-0.39, 0.29) is 5.69 Å².